The van der Waals surface area contributed by atoms with Crippen molar-refractivity contribution in [3.63, 3.8) is 0 Å². The van der Waals surface area contributed by atoms with Gasteiger partial charge in [0.2, 0.25) is 5.89 Å². The highest BCUT2D eigenvalue weighted by atomic mass is 16.5. The van der Waals surface area contributed by atoms with Crippen molar-refractivity contribution >= 4 is 0 Å². The lowest BCUT2D eigenvalue weighted by Crippen LogP contribution is -2.48. The first-order valence-corrected chi connectivity index (χ1v) is 7.57. The van der Waals surface area contributed by atoms with E-state index in [9.17, 15) is 0 Å². The summed E-state index contributed by atoms with van der Waals surface area (Å²) >= 11 is 0. The molecular formula is C16H19N3O2. The van der Waals surface area contributed by atoms with Crippen LogP contribution in [0, 0.1) is 0 Å². The molecule has 5 heteroatoms. The van der Waals surface area contributed by atoms with Crippen molar-refractivity contribution in [1.29, 1.82) is 0 Å². The molecule has 21 heavy (non-hydrogen) atoms. The number of fused-ring (bicyclic) bond motifs is 1. The smallest absolute Gasteiger partial charge is 0.228 e. The third kappa shape index (κ3) is 2.31. The Labute approximate surface area is 123 Å². The van der Waals surface area contributed by atoms with E-state index >= 15 is 0 Å². The molecule has 2 heterocycles. The number of ether oxygens (including phenoxy) is 1. The molecule has 1 saturated carbocycles. The highest BCUT2D eigenvalue weighted by molar-refractivity contribution is 5.40. The monoisotopic (exact) mass is 285 g/mol. The zero-order chi connectivity index (χ0) is 14.3. The topological polar surface area (TPSA) is 74.2 Å². The maximum absolute atomic E-state index is 6.25. The number of hydrogen-bond donors (Lipinski definition) is 1. The van der Waals surface area contributed by atoms with Crippen molar-refractivity contribution in [3.05, 3.63) is 41.5 Å². The summed E-state index contributed by atoms with van der Waals surface area (Å²) in [5.41, 5.74) is 7.26. The van der Waals surface area contributed by atoms with E-state index in [0.29, 0.717) is 18.9 Å². The van der Waals surface area contributed by atoms with Crippen molar-refractivity contribution < 1.29 is 9.26 Å². The zero-order valence-electron chi connectivity index (χ0n) is 11.9. The zero-order valence-corrected chi connectivity index (χ0v) is 11.9. The normalized spacial score (nSPS) is 23.0. The lowest BCUT2D eigenvalue weighted by Gasteiger charge is -2.36. The standard InChI is InChI=1S/C16H19N3O2/c17-16(7-3-8-16)10-14-18-15(19-21-14)12-6-9-20-13-5-2-1-4-11(12)13/h1-2,4-5,12H,3,6-10,17H2. The second kappa shape index (κ2) is 4.84. The first kappa shape index (κ1) is 12.8. The van der Waals surface area contributed by atoms with E-state index in [2.05, 4.69) is 16.2 Å². The third-order valence-electron chi connectivity index (χ3n) is 4.61. The van der Waals surface area contributed by atoms with E-state index in [-0.39, 0.29) is 11.5 Å². The van der Waals surface area contributed by atoms with E-state index in [1.807, 2.05) is 18.2 Å². The van der Waals surface area contributed by atoms with E-state index in [1.54, 1.807) is 0 Å². The molecule has 1 aromatic heterocycles. The molecule has 0 amide bonds. The van der Waals surface area contributed by atoms with Crippen molar-refractivity contribution in [2.45, 2.75) is 43.6 Å². The molecule has 4 rings (SSSR count). The summed E-state index contributed by atoms with van der Waals surface area (Å²) in [4.78, 5) is 4.59. The average molecular weight is 285 g/mol. The summed E-state index contributed by atoms with van der Waals surface area (Å²) in [6, 6.07) is 8.07. The lowest BCUT2D eigenvalue weighted by molar-refractivity contribution is 0.221. The van der Waals surface area contributed by atoms with Gasteiger partial charge < -0.3 is 15.0 Å². The molecule has 5 nitrogen and oxygen atoms in total. The predicted molar refractivity (Wildman–Crippen MR) is 77.2 cm³/mol. The molecule has 2 aromatic rings. The summed E-state index contributed by atoms with van der Waals surface area (Å²) in [7, 11) is 0. The molecule has 1 fully saturated rings. The van der Waals surface area contributed by atoms with Gasteiger partial charge in [0.1, 0.15) is 5.75 Å². The van der Waals surface area contributed by atoms with Crippen LogP contribution in [-0.2, 0) is 6.42 Å². The van der Waals surface area contributed by atoms with Gasteiger partial charge in [0, 0.05) is 17.5 Å². The van der Waals surface area contributed by atoms with Gasteiger partial charge in [-0.2, -0.15) is 4.98 Å². The molecule has 1 unspecified atom stereocenters. The van der Waals surface area contributed by atoms with Gasteiger partial charge in [-0.25, -0.2) is 0 Å². The van der Waals surface area contributed by atoms with E-state index in [1.165, 1.54) is 6.42 Å². The van der Waals surface area contributed by atoms with Gasteiger partial charge >= 0.3 is 0 Å². The van der Waals surface area contributed by atoms with Crippen molar-refractivity contribution in [2.24, 2.45) is 5.73 Å². The minimum atomic E-state index is -0.128. The summed E-state index contributed by atoms with van der Waals surface area (Å²) in [6.45, 7) is 0.687. The van der Waals surface area contributed by atoms with E-state index in [4.69, 9.17) is 15.0 Å². The number of nitrogens with two attached hydrogens (primary N) is 1. The van der Waals surface area contributed by atoms with Crippen LogP contribution in [0.1, 0.15) is 48.9 Å². The average Bonchev–Trinajstić information content (AvgIpc) is 2.93. The molecule has 0 saturated heterocycles. The molecule has 0 radical (unpaired) electrons. The van der Waals surface area contributed by atoms with Crippen LogP contribution in [0.15, 0.2) is 28.8 Å². The summed E-state index contributed by atoms with van der Waals surface area (Å²) in [5.74, 6) is 2.50. The fourth-order valence-electron chi connectivity index (χ4n) is 3.20. The van der Waals surface area contributed by atoms with Gasteiger partial charge in [-0.1, -0.05) is 23.4 Å². The minimum Gasteiger partial charge on any atom is -0.493 e. The highest BCUT2D eigenvalue weighted by Gasteiger charge is 2.35. The number of benzene rings is 1. The Hall–Kier alpha value is -1.88. The van der Waals surface area contributed by atoms with Crippen LogP contribution in [0.25, 0.3) is 0 Å². The Morgan fingerprint density at radius 1 is 1.29 bits per heavy atom. The molecule has 2 aliphatic rings. The predicted octanol–water partition coefficient (Wildman–Crippen LogP) is 2.41. The first-order valence-electron chi connectivity index (χ1n) is 7.57. The van der Waals surface area contributed by atoms with Crippen LogP contribution in [0.4, 0.5) is 0 Å². The Morgan fingerprint density at radius 3 is 2.95 bits per heavy atom. The maximum Gasteiger partial charge on any atom is 0.228 e. The minimum absolute atomic E-state index is 0.128. The van der Waals surface area contributed by atoms with Gasteiger partial charge in [0.05, 0.1) is 12.5 Å². The Morgan fingerprint density at radius 2 is 2.14 bits per heavy atom. The molecule has 110 valence electrons. The number of para-hydroxylation sites is 1. The molecule has 1 aliphatic carbocycles. The summed E-state index contributed by atoms with van der Waals surface area (Å²) in [5, 5.41) is 4.18. The van der Waals surface area contributed by atoms with Crippen LogP contribution >= 0.6 is 0 Å². The Balaban J connectivity index is 1.59. The third-order valence-corrected chi connectivity index (χ3v) is 4.61. The van der Waals surface area contributed by atoms with Crippen LogP contribution in [0.5, 0.6) is 5.75 Å². The molecular weight excluding hydrogens is 266 g/mol. The number of nitrogens with zero attached hydrogens (tertiary/aromatic N) is 2. The molecule has 2 N–H and O–H groups in total. The molecule has 1 aromatic carbocycles. The Kier molecular flexibility index (Phi) is 2.96. The van der Waals surface area contributed by atoms with Gasteiger partial charge in [0.15, 0.2) is 5.82 Å². The maximum atomic E-state index is 6.25. The van der Waals surface area contributed by atoms with Gasteiger partial charge in [-0.3, -0.25) is 0 Å². The molecule has 1 atom stereocenters. The fraction of sp³-hybridized carbons (Fsp3) is 0.500. The van der Waals surface area contributed by atoms with Crippen molar-refractivity contribution in [1.82, 2.24) is 10.1 Å². The number of rotatable bonds is 3. The van der Waals surface area contributed by atoms with Crippen LogP contribution in [0.2, 0.25) is 0 Å². The van der Waals surface area contributed by atoms with Gasteiger partial charge in [-0.15, -0.1) is 0 Å². The summed E-state index contributed by atoms with van der Waals surface area (Å²) < 4.78 is 11.1. The van der Waals surface area contributed by atoms with E-state index < -0.39 is 0 Å². The van der Waals surface area contributed by atoms with Crippen LogP contribution < -0.4 is 10.5 Å². The quantitative estimate of drug-likeness (QED) is 0.937. The SMILES string of the molecule is NC1(Cc2nc(C3CCOc4ccccc43)no2)CCC1. The molecule has 1 aliphatic heterocycles. The van der Waals surface area contributed by atoms with Crippen LogP contribution in [0.3, 0.4) is 0 Å². The van der Waals surface area contributed by atoms with Gasteiger partial charge in [-0.05, 0) is 31.7 Å². The number of hydrogen-bond acceptors (Lipinski definition) is 5. The van der Waals surface area contributed by atoms with Crippen LogP contribution in [-0.4, -0.2) is 22.3 Å². The lowest BCUT2D eigenvalue weighted by atomic mass is 9.75. The van der Waals surface area contributed by atoms with Crippen molar-refractivity contribution in [2.75, 3.05) is 6.61 Å². The molecule has 0 bridgehead atoms. The second-order valence-electron chi connectivity index (χ2n) is 6.17. The largest absolute Gasteiger partial charge is 0.493 e. The van der Waals surface area contributed by atoms with Gasteiger partial charge in [0.25, 0.3) is 0 Å². The Bertz CT molecular complexity index is 648. The first-order chi connectivity index (χ1) is 10.2. The summed E-state index contributed by atoms with van der Waals surface area (Å²) in [6.07, 6.45) is 4.86. The van der Waals surface area contributed by atoms with Crippen molar-refractivity contribution in [3.8, 4) is 5.75 Å². The fourth-order valence-corrected chi connectivity index (χ4v) is 3.20. The number of aromatic nitrogens is 2. The van der Waals surface area contributed by atoms with E-state index in [0.717, 1.165) is 36.4 Å². The highest BCUT2D eigenvalue weighted by Crippen LogP contribution is 2.37. The second-order valence-corrected chi connectivity index (χ2v) is 6.17. The molecule has 0 spiro atoms.